The number of carbonyl (C=O) groups excluding carboxylic acids is 1. The molecule has 0 fully saturated rings. The fraction of sp³-hybridized carbons (Fsp3) is 0.0645. The second-order valence-corrected chi connectivity index (χ2v) is 10.0. The highest BCUT2D eigenvalue weighted by molar-refractivity contribution is 7.14. The number of carbonyl (C=O) groups is 1. The van der Waals surface area contributed by atoms with E-state index in [9.17, 15) is 9.18 Å². The van der Waals surface area contributed by atoms with E-state index in [4.69, 9.17) is 21.1 Å². The number of nitrogens with zero attached hydrogens (tertiary/aromatic N) is 2. The lowest BCUT2D eigenvalue weighted by atomic mass is 10.1. The molecular formula is C31H24ClFN4O3S. The summed E-state index contributed by atoms with van der Waals surface area (Å²) in [6.45, 7) is 0.0647. The summed E-state index contributed by atoms with van der Waals surface area (Å²) in [6, 6.07) is 26.1. The third-order valence-corrected chi connectivity index (χ3v) is 6.96. The molecule has 0 saturated heterocycles. The molecule has 0 radical (unpaired) electrons. The van der Waals surface area contributed by atoms with Crippen molar-refractivity contribution < 1.29 is 18.7 Å². The van der Waals surface area contributed by atoms with Crippen LogP contribution in [-0.2, 0) is 6.61 Å². The van der Waals surface area contributed by atoms with Crippen LogP contribution in [0.15, 0.2) is 101 Å². The second-order valence-electron chi connectivity index (χ2n) is 8.74. The molecule has 0 aliphatic rings. The fourth-order valence-electron chi connectivity index (χ4n) is 3.80. The molecular weight excluding hydrogens is 563 g/mol. The highest BCUT2D eigenvalue weighted by Gasteiger charge is 2.10. The molecule has 1 heterocycles. The molecule has 7 nitrogen and oxygen atoms in total. The lowest BCUT2D eigenvalue weighted by molar-refractivity contribution is 0.0955. The van der Waals surface area contributed by atoms with Crippen molar-refractivity contribution in [1.29, 1.82) is 0 Å². The van der Waals surface area contributed by atoms with Crippen LogP contribution in [0, 0.1) is 5.82 Å². The van der Waals surface area contributed by atoms with Crippen LogP contribution < -0.4 is 20.2 Å². The number of methoxy groups -OCH3 is 1. The number of nitrogens with one attached hydrogen (secondary N) is 2. The SMILES string of the molecule is COc1cc(/C=N\NC(=O)c2ccc(-c3csc(Nc4ccc(Cl)cc4)n3)cc2)ccc1OCc1ccccc1F. The van der Waals surface area contributed by atoms with Gasteiger partial charge in [-0.05, 0) is 66.2 Å². The van der Waals surface area contributed by atoms with Gasteiger partial charge in [0.05, 0.1) is 19.0 Å². The number of anilines is 2. The normalized spacial score (nSPS) is 10.9. The van der Waals surface area contributed by atoms with E-state index in [2.05, 4.69) is 20.8 Å². The van der Waals surface area contributed by atoms with E-state index < -0.39 is 0 Å². The van der Waals surface area contributed by atoms with Crippen LogP contribution in [0.2, 0.25) is 5.02 Å². The highest BCUT2D eigenvalue weighted by atomic mass is 35.5. The molecule has 0 spiro atoms. The Kier molecular flexibility index (Phi) is 8.88. The maximum absolute atomic E-state index is 13.9. The van der Waals surface area contributed by atoms with Gasteiger partial charge in [0.15, 0.2) is 16.6 Å². The Hall–Kier alpha value is -4.73. The first-order chi connectivity index (χ1) is 20.0. The Bertz CT molecular complexity index is 1670. The number of ether oxygens (including phenoxy) is 2. The van der Waals surface area contributed by atoms with Crippen molar-refractivity contribution >= 4 is 45.9 Å². The number of thiazole rings is 1. The van der Waals surface area contributed by atoms with Crippen LogP contribution >= 0.6 is 22.9 Å². The molecule has 0 unspecified atom stereocenters. The number of hydrogen-bond donors (Lipinski definition) is 2. The molecule has 0 aliphatic carbocycles. The van der Waals surface area contributed by atoms with Gasteiger partial charge in [0.1, 0.15) is 12.4 Å². The van der Waals surface area contributed by atoms with Gasteiger partial charge in [-0.2, -0.15) is 5.10 Å². The summed E-state index contributed by atoms with van der Waals surface area (Å²) in [7, 11) is 1.51. The topological polar surface area (TPSA) is 84.8 Å². The van der Waals surface area contributed by atoms with E-state index >= 15 is 0 Å². The summed E-state index contributed by atoms with van der Waals surface area (Å²) in [5.74, 6) is 0.235. The first kappa shape index (κ1) is 27.8. The van der Waals surface area contributed by atoms with Crippen molar-refractivity contribution in [2.24, 2.45) is 5.10 Å². The van der Waals surface area contributed by atoms with Gasteiger partial charge in [0.25, 0.3) is 5.91 Å². The zero-order valence-corrected chi connectivity index (χ0v) is 23.4. The minimum Gasteiger partial charge on any atom is -0.493 e. The molecule has 2 N–H and O–H groups in total. The van der Waals surface area contributed by atoms with Gasteiger partial charge in [-0.1, -0.05) is 41.9 Å². The summed E-state index contributed by atoms with van der Waals surface area (Å²) in [4.78, 5) is 17.2. The van der Waals surface area contributed by atoms with Crippen molar-refractivity contribution in [1.82, 2.24) is 10.4 Å². The number of hydrazone groups is 1. The molecule has 0 atom stereocenters. The van der Waals surface area contributed by atoms with Crippen molar-refractivity contribution in [3.63, 3.8) is 0 Å². The molecule has 0 bridgehead atoms. The summed E-state index contributed by atoms with van der Waals surface area (Å²) >= 11 is 7.42. The Balaban J connectivity index is 1.16. The number of aromatic nitrogens is 1. The Morgan fingerprint density at radius 3 is 2.56 bits per heavy atom. The van der Waals surface area contributed by atoms with Gasteiger partial charge < -0.3 is 14.8 Å². The number of halogens is 2. The van der Waals surface area contributed by atoms with Crippen LogP contribution in [0.4, 0.5) is 15.2 Å². The Morgan fingerprint density at radius 2 is 1.80 bits per heavy atom. The molecule has 10 heteroatoms. The average molecular weight is 587 g/mol. The lowest BCUT2D eigenvalue weighted by Crippen LogP contribution is -2.17. The quantitative estimate of drug-likeness (QED) is 0.129. The molecule has 206 valence electrons. The maximum atomic E-state index is 13.9. The number of amides is 1. The minimum atomic E-state index is -0.354. The molecule has 5 rings (SSSR count). The third kappa shape index (κ3) is 7.27. The first-order valence-electron chi connectivity index (χ1n) is 12.4. The van der Waals surface area contributed by atoms with Crippen LogP contribution in [0.3, 0.4) is 0 Å². The van der Waals surface area contributed by atoms with Crippen molar-refractivity contribution in [3.05, 3.63) is 124 Å². The zero-order valence-electron chi connectivity index (χ0n) is 21.8. The highest BCUT2D eigenvalue weighted by Crippen LogP contribution is 2.29. The summed E-state index contributed by atoms with van der Waals surface area (Å²) in [5, 5.41) is 10.7. The largest absolute Gasteiger partial charge is 0.493 e. The van der Waals surface area contributed by atoms with Crippen LogP contribution in [0.1, 0.15) is 21.5 Å². The molecule has 4 aromatic carbocycles. The number of benzene rings is 4. The van der Waals surface area contributed by atoms with Gasteiger partial charge in [-0.15, -0.1) is 11.3 Å². The van der Waals surface area contributed by atoms with Crippen LogP contribution in [-0.4, -0.2) is 24.2 Å². The van der Waals surface area contributed by atoms with Crippen molar-refractivity contribution in [2.45, 2.75) is 6.61 Å². The second kappa shape index (κ2) is 13.1. The minimum absolute atomic E-state index is 0.0647. The maximum Gasteiger partial charge on any atom is 0.271 e. The summed E-state index contributed by atoms with van der Waals surface area (Å²) in [6.07, 6.45) is 1.50. The van der Waals surface area contributed by atoms with E-state index in [1.807, 2.05) is 41.8 Å². The van der Waals surface area contributed by atoms with Gasteiger partial charge in [-0.3, -0.25) is 4.79 Å². The first-order valence-corrected chi connectivity index (χ1v) is 13.7. The third-order valence-electron chi connectivity index (χ3n) is 5.95. The van der Waals surface area contributed by atoms with Crippen LogP contribution in [0.25, 0.3) is 11.3 Å². The average Bonchev–Trinajstić information content (AvgIpc) is 3.46. The molecule has 5 aromatic rings. The lowest BCUT2D eigenvalue weighted by Gasteiger charge is -2.11. The summed E-state index contributed by atoms with van der Waals surface area (Å²) < 4.78 is 25.0. The van der Waals surface area contributed by atoms with E-state index in [0.717, 1.165) is 22.1 Å². The molecule has 0 aliphatic heterocycles. The molecule has 1 amide bonds. The van der Waals surface area contributed by atoms with Gasteiger partial charge in [0.2, 0.25) is 0 Å². The Labute approximate surface area is 245 Å². The van der Waals surface area contributed by atoms with E-state index in [1.165, 1.54) is 30.7 Å². The molecule has 1 aromatic heterocycles. The van der Waals surface area contributed by atoms with Gasteiger partial charge >= 0.3 is 0 Å². The van der Waals surface area contributed by atoms with E-state index in [-0.39, 0.29) is 18.3 Å². The smallest absolute Gasteiger partial charge is 0.271 e. The fourth-order valence-corrected chi connectivity index (χ4v) is 4.66. The zero-order chi connectivity index (χ0) is 28.6. The van der Waals surface area contributed by atoms with Gasteiger partial charge in [-0.25, -0.2) is 14.8 Å². The number of hydrogen-bond acceptors (Lipinski definition) is 7. The Morgan fingerprint density at radius 1 is 1.02 bits per heavy atom. The molecule has 0 saturated carbocycles. The molecule has 41 heavy (non-hydrogen) atoms. The monoisotopic (exact) mass is 586 g/mol. The van der Waals surface area contributed by atoms with E-state index in [1.54, 1.807) is 48.5 Å². The summed E-state index contributed by atoms with van der Waals surface area (Å²) in [5.41, 5.74) is 6.69. The van der Waals surface area contributed by atoms with Crippen molar-refractivity contribution in [2.75, 3.05) is 12.4 Å². The van der Waals surface area contributed by atoms with Gasteiger partial charge in [0, 0.05) is 32.8 Å². The standard InChI is InChI=1S/C31H24ClFN4O3S/c1-39-29-16-20(6-15-28(29)40-18-23-4-2-3-5-26(23)33)17-34-37-30(38)22-9-7-21(8-10-22)27-19-41-31(36-27)35-25-13-11-24(32)12-14-25/h2-17,19H,18H2,1H3,(H,35,36)(H,37,38)/b34-17-. The van der Waals surface area contributed by atoms with Crippen LogP contribution in [0.5, 0.6) is 11.5 Å². The predicted molar refractivity (Wildman–Crippen MR) is 161 cm³/mol. The number of rotatable bonds is 10. The van der Waals surface area contributed by atoms with E-state index in [0.29, 0.717) is 33.2 Å². The predicted octanol–water partition coefficient (Wildman–Crippen LogP) is 7.70. The van der Waals surface area contributed by atoms with Crippen molar-refractivity contribution in [3.8, 4) is 22.8 Å².